The van der Waals surface area contributed by atoms with E-state index in [-0.39, 0.29) is 5.16 Å². The van der Waals surface area contributed by atoms with Crippen LogP contribution in [0, 0.1) is 20.8 Å². The van der Waals surface area contributed by atoms with Crippen LogP contribution < -0.4 is 0 Å². The Morgan fingerprint density at radius 2 is 1.82 bits per heavy atom. The fourth-order valence-electron chi connectivity index (χ4n) is 1.97. The maximum Gasteiger partial charge on any atom is 0.266 e. The molecule has 5 nitrogen and oxygen atoms in total. The average molecular weight is 251 g/mol. The van der Waals surface area contributed by atoms with Crippen LogP contribution in [0.15, 0.2) is 23.6 Å². The second-order valence-corrected chi connectivity index (χ2v) is 4.83. The summed E-state index contributed by atoms with van der Waals surface area (Å²) < 4.78 is 21.3. The summed E-state index contributed by atoms with van der Waals surface area (Å²) in [4.78, 5) is 3.80. The normalized spacial score (nSPS) is 12.7. The monoisotopic (exact) mass is 251 g/mol. The van der Waals surface area contributed by atoms with Gasteiger partial charge >= 0.3 is 0 Å². The predicted molar refractivity (Wildman–Crippen MR) is 64.6 cm³/mol. The first-order chi connectivity index (χ1) is 7.99. The third-order valence-electron chi connectivity index (χ3n) is 2.49. The summed E-state index contributed by atoms with van der Waals surface area (Å²) in [5, 5.41) is 3.91. The van der Waals surface area contributed by atoms with E-state index < -0.39 is 11.1 Å². The highest BCUT2D eigenvalue weighted by molar-refractivity contribution is 7.79. The Bertz CT molecular complexity index is 569. The van der Waals surface area contributed by atoms with E-state index in [4.69, 9.17) is 4.55 Å². The lowest BCUT2D eigenvalue weighted by Gasteiger charge is -2.10. The van der Waals surface area contributed by atoms with E-state index in [9.17, 15) is 4.21 Å². The van der Waals surface area contributed by atoms with Crippen molar-refractivity contribution in [3.63, 3.8) is 0 Å². The standard InChI is InChI=1S/C11H13N3O2S/c1-7-4-8(2)10(9(3)5-7)14-6-12-11(13-14)17(15)16/h4-6H,1-3H3,(H,15,16). The van der Waals surface area contributed by atoms with Crippen molar-refractivity contribution >= 4 is 11.1 Å². The third-order valence-corrected chi connectivity index (χ3v) is 2.99. The topological polar surface area (TPSA) is 68.0 Å². The van der Waals surface area contributed by atoms with E-state index in [2.05, 4.69) is 10.1 Å². The highest BCUT2D eigenvalue weighted by Gasteiger charge is 2.11. The molecule has 1 N–H and O–H groups in total. The molecule has 0 aliphatic rings. The molecule has 17 heavy (non-hydrogen) atoms. The minimum absolute atomic E-state index is 0.0793. The van der Waals surface area contributed by atoms with Crippen molar-refractivity contribution in [2.24, 2.45) is 0 Å². The van der Waals surface area contributed by atoms with Crippen molar-refractivity contribution in [2.75, 3.05) is 0 Å². The number of benzene rings is 1. The summed E-state index contributed by atoms with van der Waals surface area (Å²) in [6.45, 7) is 5.98. The van der Waals surface area contributed by atoms with Crippen molar-refractivity contribution in [1.29, 1.82) is 0 Å². The molecule has 6 heteroatoms. The second-order valence-electron chi connectivity index (χ2n) is 3.97. The van der Waals surface area contributed by atoms with E-state index in [0.717, 1.165) is 16.8 Å². The number of hydrogen-bond acceptors (Lipinski definition) is 3. The summed E-state index contributed by atoms with van der Waals surface area (Å²) in [5.41, 5.74) is 4.19. The number of aryl methyl sites for hydroxylation is 3. The maximum atomic E-state index is 10.8. The lowest BCUT2D eigenvalue weighted by Crippen LogP contribution is -2.02. The third kappa shape index (κ3) is 2.27. The molecule has 0 saturated carbocycles. The predicted octanol–water partition coefficient (Wildman–Crippen LogP) is 1.77. The number of hydrogen-bond donors (Lipinski definition) is 1. The Morgan fingerprint density at radius 3 is 2.29 bits per heavy atom. The molecule has 0 radical (unpaired) electrons. The fourth-order valence-corrected chi connectivity index (χ4v) is 2.26. The Balaban J connectivity index is 2.56. The van der Waals surface area contributed by atoms with Crippen LogP contribution in [0.4, 0.5) is 0 Å². The van der Waals surface area contributed by atoms with E-state index >= 15 is 0 Å². The fraction of sp³-hybridized carbons (Fsp3) is 0.273. The van der Waals surface area contributed by atoms with Gasteiger partial charge in [0.2, 0.25) is 11.1 Å². The Labute approximate surface area is 102 Å². The molecule has 0 spiro atoms. The van der Waals surface area contributed by atoms with Crippen molar-refractivity contribution in [3.05, 3.63) is 35.2 Å². The molecule has 1 unspecified atom stereocenters. The molecule has 2 aromatic rings. The molecule has 90 valence electrons. The molecule has 0 bridgehead atoms. The van der Waals surface area contributed by atoms with E-state index in [1.54, 1.807) is 0 Å². The summed E-state index contributed by atoms with van der Waals surface area (Å²) in [6, 6.07) is 4.08. The average Bonchev–Trinajstić information content (AvgIpc) is 2.65. The zero-order valence-corrected chi connectivity index (χ0v) is 10.7. The first-order valence-electron chi connectivity index (χ1n) is 5.10. The molecule has 0 aliphatic heterocycles. The van der Waals surface area contributed by atoms with E-state index in [1.165, 1.54) is 16.6 Å². The maximum absolute atomic E-state index is 10.8. The summed E-state index contributed by atoms with van der Waals surface area (Å²) in [7, 11) is 0. The first-order valence-corrected chi connectivity index (χ1v) is 6.20. The van der Waals surface area contributed by atoms with Gasteiger partial charge in [-0.2, -0.15) is 0 Å². The van der Waals surface area contributed by atoms with Gasteiger partial charge in [0.1, 0.15) is 6.33 Å². The molecule has 0 saturated heterocycles. The minimum Gasteiger partial charge on any atom is -0.300 e. The van der Waals surface area contributed by atoms with Gasteiger partial charge in [-0.15, -0.1) is 5.10 Å². The molecule has 2 rings (SSSR count). The zero-order valence-electron chi connectivity index (χ0n) is 9.84. The molecule has 1 aromatic carbocycles. The van der Waals surface area contributed by atoms with Crippen molar-refractivity contribution < 1.29 is 8.76 Å². The highest BCUT2D eigenvalue weighted by Crippen LogP contribution is 2.20. The van der Waals surface area contributed by atoms with Crippen molar-refractivity contribution in [3.8, 4) is 5.69 Å². The Hall–Kier alpha value is -1.53. The molecule has 1 heterocycles. The quantitative estimate of drug-likeness (QED) is 0.826. The Morgan fingerprint density at radius 1 is 1.24 bits per heavy atom. The van der Waals surface area contributed by atoms with Gasteiger partial charge in [-0.05, 0) is 31.9 Å². The van der Waals surface area contributed by atoms with Gasteiger partial charge in [0.05, 0.1) is 5.69 Å². The smallest absolute Gasteiger partial charge is 0.266 e. The van der Waals surface area contributed by atoms with Gasteiger partial charge in [-0.25, -0.2) is 13.9 Å². The van der Waals surface area contributed by atoms with Crippen molar-refractivity contribution in [2.45, 2.75) is 25.9 Å². The van der Waals surface area contributed by atoms with Gasteiger partial charge in [0, 0.05) is 0 Å². The van der Waals surface area contributed by atoms with Crippen LogP contribution in [0.25, 0.3) is 5.69 Å². The molecular weight excluding hydrogens is 238 g/mol. The van der Waals surface area contributed by atoms with Crippen LogP contribution in [0.5, 0.6) is 0 Å². The molecule has 0 aliphatic carbocycles. The molecule has 1 atom stereocenters. The van der Waals surface area contributed by atoms with Gasteiger partial charge in [-0.1, -0.05) is 17.7 Å². The minimum atomic E-state index is -2.14. The van der Waals surface area contributed by atoms with E-state index in [0.29, 0.717) is 0 Å². The molecule has 1 aromatic heterocycles. The van der Waals surface area contributed by atoms with Crippen LogP contribution in [-0.2, 0) is 11.1 Å². The number of nitrogens with zero attached hydrogens (tertiary/aromatic N) is 3. The molecule has 0 amide bonds. The summed E-state index contributed by atoms with van der Waals surface area (Å²) >= 11 is -2.14. The molecular formula is C11H13N3O2S. The van der Waals surface area contributed by atoms with Gasteiger partial charge in [0.15, 0.2) is 0 Å². The lowest BCUT2D eigenvalue weighted by atomic mass is 10.1. The highest BCUT2D eigenvalue weighted by atomic mass is 32.2. The zero-order chi connectivity index (χ0) is 12.6. The van der Waals surface area contributed by atoms with Crippen molar-refractivity contribution in [1.82, 2.24) is 14.8 Å². The van der Waals surface area contributed by atoms with Gasteiger partial charge in [0.25, 0.3) is 5.16 Å². The lowest BCUT2D eigenvalue weighted by molar-refractivity contribution is 0.554. The SMILES string of the molecule is Cc1cc(C)c(-n2cnc(S(=O)O)n2)c(C)c1. The number of rotatable bonds is 2. The molecule has 0 fully saturated rings. The van der Waals surface area contributed by atoms with Crippen LogP contribution in [0.3, 0.4) is 0 Å². The van der Waals surface area contributed by atoms with Gasteiger partial charge < -0.3 is 0 Å². The van der Waals surface area contributed by atoms with Crippen LogP contribution in [0.2, 0.25) is 0 Å². The van der Waals surface area contributed by atoms with Crippen LogP contribution in [0.1, 0.15) is 16.7 Å². The number of aromatic nitrogens is 3. The van der Waals surface area contributed by atoms with Gasteiger partial charge in [-0.3, -0.25) is 4.55 Å². The largest absolute Gasteiger partial charge is 0.300 e. The summed E-state index contributed by atoms with van der Waals surface area (Å²) in [5.74, 6) is 0. The van der Waals surface area contributed by atoms with Crippen LogP contribution >= 0.6 is 0 Å². The first kappa shape index (κ1) is 11.9. The van der Waals surface area contributed by atoms with E-state index in [1.807, 2.05) is 32.9 Å². The van der Waals surface area contributed by atoms with Crippen LogP contribution in [-0.4, -0.2) is 23.5 Å². The second kappa shape index (κ2) is 4.38. The Kier molecular flexibility index (Phi) is 3.08. The summed E-state index contributed by atoms with van der Waals surface area (Å²) in [6.07, 6.45) is 1.45.